The smallest absolute Gasteiger partial charge is 0.240 e. The summed E-state index contributed by atoms with van der Waals surface area (Å²) in [4.78, 5) is 23.6. The van der Waals surface area contributed by atoms with Crippen molar-refractivity contribution in [2.45, 2.75) is 46.5 Å². The molecule has 2 rings (SSSR count). The molecule has 0 bridgehead atoms. The molecule has 0 heterocycles. The molecule has 2 N–H and O–H groups in total. The van der Waals surface area contributed by atoms with Crippen molar-refractivity contribution in [3.63, 3.8) is 0 Å². The number of hydrogen-bond acceptors (Lipinski definition) is 3. The van der Waals surface area contributed by atoms with E-state index in [9.17, 15) is 9.59 Å². The molecule has 118 valence electrons. The third kappa shape index (κ3) is 4.98. The Morgan fingerprint density at radius 2 is 1.86 bits per heavy atom. The fraction of sp³-hybridized carbons (Fsp3) is 0.471. The van der Waals surface area contributed by atoms with E-state index < -0.39 is 0 Å². The Balaban J connectivity index is 1.76. The maximum absolute atomic E-state index is 11.9. The molecule has 0 aliphatic heterocycles. The maximum atomic E-state index is 11.9. The highest BCUT2D eigenvalue weighted by atomic mass is 16.2. The number of amides is 2. The Morgan fingerprint density at radius 3 is 2.55 bits per heavy atom. The van der Waals surface area contributed by atoms with Gasteiger partial charge in [-0.3, -0.25) is 9.59 Å². The van der Waals surface area contributed by atoms with Crippen molar-refractivity contribution in [2.75, 3.05) is 5.32 Å². The van der Waals surface area contributed by atoms with Crippen molar-refractivity contribution < 1.29 is 9.59 Å². The van der Waals surface area contributed by atoms with Gasteiger partial charge in [0.15, 0.2) is 0 Å². The number of hydrogen-bond donors (Lipinski definition) is 2. The standard InChI is InChI=1S/C17H23N3O2/c1-11-4-5-12(2)15(10-11)18-16(21)8-9-17(22)20-19-13(3)14-6-7-14/h4-5,10,14H,6-9H2,1-3H3,(H,18,21)(H,20,22)/b19-13+. The number of benzene rings is 1. The lowest BCUT2D eigenvalue weighted by Gasteiger charge is -2.09. The van der Waals surface area contributed by atoms with Gasteiger partial charge in [0.25, 0.3) is 0 Å². The highest BCUT2D eigenvalue weighted by molar-refractivity contribution is 5.94. The molecule has 1 fully saturated rings. The monoisotopic (exact) mass is 301 g/mol. The van der Waals surface area contributed by atoms with Crippen LogP contribution < -0.4 is 10.7 Å². The lowest BCUT2D eigenvalue weighted by Crippen LogP contribution is -2.22. The molecule has 1 aromatic carbocycles. The summed E-state index contributed by atoms with van der Waals surface area (Å²) in [5.41, 5.74) is 6.37. The first kappa shape index (κ1) is 16.2. The van der Waals surface area contributed by atoms with Gasteiger partial charge < -0.3 is 5.32 Å². The number of rotatable bonds is 6. The Morgan fingerprint density at radius 1 is 1.18 bits per heavy atom. The molecule has 0 spiro atoms. The Hall–Kier alpha value is -2.17. The van der Waals surface area contributed by atoms with Crippen LogP contribution in [0.4, 0.5) is 5.69 Å². The van der Waals surface area contributed by atoms with Crippen molar-refractivity contribution in [1.82, 2.24) is 5.43 Å². The van der Waals surface area contributed by atoms with Gasteiger partial charge in [-0.25, -0.2) is 5.43 Å². The van der Waals surface area contributed by atoms with Crippen LogP contribution in [0.1, 0.15) is 43.7 Å². The number of hydrazone groups is 1. The van der Waals surface area contributed by atoms with Crippen molar-refractivity contribution in [2.24, 2.45) is 11.0 Å². The minimum Gasteiger partial charge on any atom is -0.326 e. The number of anilines is 1. The summed E-state index contributed by atoms with van der Waals surface area (Å²) in [5.74, 6) is 0.149. The van der Waals surface area contributed by atoms with Gasteiger partial charge in [-0.15, -0.1) is 0 Å². The third-order valence-electron chi connectivity index (χ3n) is 3.77. The fourth-order valence-electron chi connectivity index (χ4n) is 2.11. The van der Waals surface area contributed by atoms with Crippen LogP contribution in [0.15, 0.2) is 23.3 Å². The summed E-state index contributed by atoms with van der Waals surface area (Å²) < 4.78 is 0. The quantitative estimate of drug-likeness (QED) is 0.626. The summed E-state index contributed by atoms with van der Waals surface area (Å²) in [6.07, 6.45) is 2.60. The minimum absolute atomic E-state index is 0.137. The van der Waals surface area contributed by atoms with Gasteiger partial charge in [-0.2, -0.15) is 5.10 Å². The van der Waals surface area contributed by atoms with E-state index in [1.54, 1.807) is 0 Å². The molecule has 22 heavy (non-hydrogen) atoms. The molecule has 1 aliphatic carbocycles. The lowest BCUT2D eigenvalue weighted by molar-refractivity contribution is -0.124. The van der Waals surface area contributed by atoms with Crippen LogP contribution in [0.2, 0.25) is 0 Å². The van der Waals surface area contributed by atoms with E-state index in [1.807, 2.05) is 39.0 Å². The number of aryl methyl sites for hydroxylation is 2. The van der Waals surface area contributed by atoms with Gasteiger partial charge in [0.05, 0.1) is 0 Å². The highest BCUT2D eigenvalue weighted by Crippen LogP contribution is 2.30. The van der Waals surface area contributed by atoms with Crippen LogP contribution in [0, 0.1) is 19.8 Å². The number of carbonyl (C=O) groups excluding carboxylic acids is 2. The normalized spacial score (nSPS) is 14.6. The molecule has 1 saturated carbocycles. The number of nitrogens with zero attached hydrogens (tertiary/aromatic N) is 1. The molecule has 5 heteroatoms. The zero-order valence-corrected chi connectivity index (χ0v) is 13.4. The molecular formula is C17H23N3O2. The lowest BCUT2D eigenvalue weighted by atomic mass is 10.1. The zero-order valence-electron chi connectivity index (χ0n) is 13.4. The molecule has 2 amide bonds. The molecule has 5 nitrogen and oxygen atoms in total. The average Bonchev–Trinajstić information content (AvgIpc) is 3.31. The minimum atomic E-state index is -0.226. The SMILES string of the molecule is C/C(=N\NC(=O)CCC(=O)Nc1cc(C)ccc1C)C1CC1. The summed E-state index contributed by atoms with van der Waals surface area (Å²) >= 11 is 0. The first-order chi connectivity index (χ1) is 10.5. The predicted octanol–water partition coefficient (Wildman–Crippen LogP) is 2.92. The van der Waals surface area contributed by atoms with Gasteiger partial charge in [-0.05, 0) is 56.7 Å². The molecule has 0 aromatic heterocycles. The van der Waals surface area contributed by atoms with E-state index in [2.05, 4.69) is 15.8 Å². The summed E-state index contributed by atoms with van der Waals surface area (Å²) in [7, 11) is 0. The first-order valence-electron chi connectivity index (χ1n) is 7.66. The van der Waals surface area contributed by atoms with Crippen LogP contribution in [0.3, 0.4) is 0 Å². The van der Waals surface area contributed by atoms with Crippen LogP contribution in [0.25, 0.3) is 0 Å². The first-order valence-corrected chi connectivity index (χ1v) is 7.66. The topological polar surface area (TPSA) is 70.6 Å². The highest BCUT2D eigenvalue weighted by Gasteiger charge is 2.24. The molecule has 0 atom stereocenters. The fourth-order valence-corrected chi connectivity index (χ4v) is 2.11. The van der Waals surface area contributed by atoms with Crippen molar-refractivity contribution >= 4 is 23.2 Å². The molecule has 0 saturated heterocycles. The van der Waals surface area contributed by atoms with Gasteiger partial charge >= 0.3 is 0 Å². The Bertz CT molecular complexity index is 604. The Kier molecular flexibility index (Phi) is 5.31. The van der Waals surface area contributed by atoms with E-state index in [0.717, 1.165) is 35.4 Å². The third-order valence-corrected chi connectivity index (χ3v) is 3.77. The van der Waals surface area contributed by atoms with Crippen molar-refractivity contribution in [3.05, 3.63) is 29.3 Å². The van der Waals surface area contributed by atoms with Gasteiger partial charge in [0, 0.05) is 24.2 Å². The van der Waals surface area contributed by atoms with E-state index >= 15 is 0 Å². The zero-order chi connectivity index (χ0) is 16.1. The second-order valence-electron chi connectivity index (χ2n) is 5.93. The van der Waals surface area contributed by atoms with Gasteiger partial charge in [0.2, 0.25) is 11.8 Å². The largest absolute Gasteiger partial charge is 0.326 e. The second kappa shape index (κ2) is 7.20. The molecule has 1 aliphatic rings. The second-order valence-corrected chi connectivity index (χ2v) is 5.93. The summed E-state index contributed by atoms with van der Waals surface area (Å²) in [5, 5.41) is 6.90. The Labute approximate surface area is 131 Å². The maximum Gasteiger partial charge on any atom is 0.240 e. The summed E-state index contributed by atoms with van der Waals surface area (Å²) in [6, 6.07) is 5.89. The van der Waals surface area contributed by atoms with E-state index in [4.69, 9.17) is 0 Å². The van der Waals surface area contributed by atoms with Gasteiger partial charge in [0.1, 0.15) is 0 Å². The molecule has 1 aromatic rings. The number of nitrogens with one attached hydrogen (secondary N) is 2. The van der Waals surface area contributed by atoms with E-state index in [1.165, 1.54) is 0 Å². The van der Waals surface area contributed by atoms with E-state index in [0.29, 0.717) is 5.92 Å². The number of carbonyl (C=O) groups is 2. The predicted molar refractivity (Wildman–Crippen MR) is 87.8 cm³/mol. The van der Waals surface area contributed by atoms with Crippen LogP contribution >= 0.6 is 0 Å². The average molecular weight is 301 g/mol. The van der Waals surface area contributed by atoms with Crippen LogP contribution in [-0.2, 0) is 9.59 Å². The van der Waals surface area contributed by atoms with Gasteiger partial charge in [-0.1, -0.05) is 12.1 Å². The molecule has 0 unspecified atom stereocenters. The molecular weight excluding hydrogens is 278 g/mol. The van der Waals surface area contributed by atoms with Crippen LogP contribution in [-0.4, -0.2) is 17.5 Å². The molecule has 0 radical (unpaired) electrons. The van der Waals surface area contributed by atoms with Crippen LogP contribution in [0.5, 0.6) is 0 Å². The summed E-state index contributed by atoms with van der Waals surface area (Å²) in [6.45, 7) is 5.84. The van der Waals surface area contributed by atoms with E-state index in [-0.39, 0.29) is 24.7 Å². The van der Waals surface area contributed by atoms with Crippen molar-refractivity contribution in [3.8, 4) is 0 Å². The van der Waals surface area contributed by atoms with Crippen molar-refractivity contribution in [1.29, 1.82) is 0 Å².